The Morgan fingerprint density at radius 2 is 1.70 bits per heavy atom. The summed E-state index contributed by atoms with van der Waals surface area (Å²) in [6, 6.07) is 16.8. The number of quaternary nitrogens is 1. The summed E-state index contributed by atoms with van der Waals surface area (Å²) in [6.07, 6.45) is 1.64. The third-order valence-electron chi connectivity index (χ3n) is 5.71. The maximum absolute atomic E-state index is 13.0. The van der Waals surface area contributed by atoms with Crippen molar-refractivity contribution < 1.29 is 47.1 Å². The molecule has 8 heteroatoms. The number of ether oxygens (including phenoxy) is 2. The molecule has 0 unspecified atom stereocenters. The van der Waals surface area contributed by atoms with Gasteiger partial charge in [-0.2, -0.15) is 0 Å². The zero-order valence-electron chi connectivity index (χ0n) is 18.5. The summed E-state index contributed by atoms with van der Waals surface area (Å²) in [5.41, 5.74) is 2.15. The molecule has 33 heavy (non-hydrogen) atoms. The number of likely N-dealkylation sites (N-methyl/N-ethyl adjacent to an activating group) is 1. The quantitative estimate of drug-likeness (QED) is 0.343. The van der Waals surface area contributed by atoms with Crippen LogP contribution in [0, 0.1) is 5.82 Å². The lowest BCUT2D eigenvalue weighted by Gasteiger charge is -2.37. The number of rotatable bonds is 7. The number of halogens is 2. The predicted molar refractivity (Wildman–Crippen MR) is 120 cm³/mol. The molecule has 4 rings (SSSR count). The molecule has 0 radical (unpaired) electrons. The number of carbonyl (C=O) groups excluding carboxylic acids is 1. The normalized spacial score (nSPS) is 14.7. The second-order valence-corrected chi connectivity index (χ2v) is 8.17. The highest BCUT2D eigenvalue weighted by molar-refractivity contribution is 5.95. The van der Waals surface area contributed by atoms with Crippen molar-refractivity contribution in [3.8, 4) is 22.8 Å². The van der Waals surface area contributed by atoms with E-state index in [2.05, 4.69) is 17.3 Å². The second-order valence-electron chi connectivity index (χ2n) is 8.17. The Bertz CT molecular complexity index is 1060. The van der Waals surface area contributed by atoms with Crippen molar-refractivity contribution in [2.45, 2.75) is 0 Å². The van der Waals surface area contributed by atoms with E-state index in [0.717, 1.165) is 42.9 Å². The summed E-state index contributed by atoms with van der Waals surface area (Å²) in [4.78, 5) is 17.0. The van der Waals surface area contributed by atoms with E-state index in [-0.39, 0.29) is 35.7 Å². The Morgan fingerprint density at radius 3 is 2.36 bits per heavy atom. The van der Waals surface area contributed by atoms with Crippen molar-refractivity contribution in [1.29, 1.82) is 0 Å². The fourth-order valence-corrected chi connectivity index (χ4v) is 3.61. The second kappa shape index (κ2) is 11.5. The van der Waals surface area contributed by atoms with Gasteiger partial charge in [-0.25, -0.2) is 4.39 Å². The van der Waals surface area contributed by atoms with Crippen LogP contribution in [0.5, 0.6) is 11.5 Å². The summed E-state index contributed by atoms with van der Waals surface area (Å²) >= 11 is 0. The Kier molecular flexibility index (Phi) is 8.76. The van der Waals surface area contributed by atoms with Crippen molar-refractivity contribution in [3.05, 3.63) is 78.2 Å². The Balaban J connectivity index is 0.00000306. The van der Waals surface area contributed by atoms with Crippen LogP contribution >= 0.6 is 0 Å². The van der Waals surface area contributed by atoms with Gasteiger partial charge in [0.2, 0.25) is 0 Å². The van der Waals surface area contributed by atoms with Gasteiger partial charge in [0.05, 0.1) is 39.0 Å². The van der Waals surface area contributed by atoms with Crippen LogP contribution in [0.3, 0.4) is 0 Å². The maximum atomic E-state index is 13.0. The summed E-state index contributed by atoms with van der Waals surface area (Å²) in [7, 11) is 2.20. The zero-order valence-corrected chi connectivity index (χ0v) is 20.6. The molecule has 2 aromatic carbocycles. The Hall–Kier alpha value is -2.56. The van der Waals surface area contributed by atoms with E-state index in [9.17, 15) is 9.18 Å². The van der Waals surface area contributed by atoms with Crippen LogP contribution in [0.2, 0.25) is 0 Å². The number of aromatic nitrogens is 1. The van der Waals surface area contributed by atoms with Crippen LogP contribution in [0.15, 0.2) is 66.9 Å². The monoisotopic (exact) mass is 563 g/mol. The molecular formula is C25H27FIN3O3. The van der Waals surface area contributed by atoms with Crippen LogP contribution in [-0.2, 0) is 4.74 Å². The number of nitrogens with zero attached hydrogens (tertiary/aromatic N) is 2. The molecule has 2 heterocycles. The highest BCUT2D eigenvalue weighted by Crippen LogP contribution is 2.25. The summed E-state index contributed by atoms with van der Waals surface area (Å²) in [6.45, 7) is 4.97. The van der Waals surface area contributed by atoms with Gasteiger partial charge in [0.1, 0.15) is 30.4 Å². The molecule has 0 aliphatic carbocycles. The minimum absolute atomic E-state index is 0. The average molecular weight is 563 g/mol. The van der Waals surface area contributed by atoms with Gasteiger partial charge in [-0.15, -0.1) is 0 Å². The van der Waals surface area contributed by atoms with Gasteiger partial charge in [-0.1, -0.05) is 0 Å². The topological polar surface area (TPSA) is 60.5 Å². The number of hydrogen-bond donors (Lipinski definition) is 1. The fourth-order valence-electron chi connectivity index (χ4n) is 3.61. The first-order valence-electron chi connectivity index (χ1n) is 10.7. The highest BCUT2D eigenvalue weighted by Gasteiger charge is 2.24. The van der Waals surface area contributed by atoms with Gasteiger partial charge in [-0.05, 0) is 60.7 Å². The number of nitrogens with one attached hydrogen (secondary N) is 1. The molecule has 3 aromatic rings. The van der Waals surface area contributed by atoms with E-state index in [0.29, 0.717) is 29.3 Å². The molecule has 1 fully saturated rings. The molecule has 1 aromatic heterocycles. The fraction of sp³-hybridized carbons (Fsp3) is 0.280. The molecule has 1 aliphatic rings. The zero-order chi connectivity index (χ0) is 22.4. The van der Waals surface area contributed by atoms with Crippen LogP contribution in [0.1, 0.15) is 10.4 Å². The molecule has 1 saturated heterocycles. The van der Waals surface area contributed by atoms with Crippen molar-refractivity contribution >= 4 is 5.91 Å². The van der Waals surface area contributed by atoms with E-state index in [4.69, 9.17) is 9.47 Å². The number of benzene rings is 2. The SMILES string of the molecule is C[N+]1(CCNC(=O)c2ccnc(-c3ccc(Oc4ccc(F)cc4)cc3)c2)CCOCC1.[I-]. The van der Waals surface area contributed by atoms with E-state index >= 15 is 0 Å². The molecule has 0 saturated carbocycles. The van der Waals surface area contributed by atoms with Crippen LogP contribution in [0.4, 0.5) is 4.39 Å². The van der Waals surface area contributed by atoms with Crippen LogP contribution in [0.25, 0.3) is 11.3 Å². The highest BCUT2D eigenvalue weighted by atomic mass is 127. The maximum Gasteiger partial charge on any atom is 0.251 e. The lowest BCUT2D eigenvalue weighted by Crippen LogP contribution is -3.00. The third kappa shape index (κ3) is 6.96. The molecule has 174 valence electrons. The molecule has 0 bridgehead atoms. The number of pyridine rings is 1. The van der Waals surface area contributed by atoms with E-state index in [1.165, 1.54) is 12.1 Å². The van der Waals surface area contributed by atoms with Gasteiger partial charge in [-0.3, -0.25) is 9.78 Å². The Morgan fingerprint density at radius 1 is 1.06 bits per heavy atom. The molecule has 0 spiro atoms. The number of morpholine rings is 1. The van der Waals surface area contributed by atoms with Gasteiger partial charge >= 0.3 is 0 Å². The lowest BCUT2D eigenvalue weighted by molar-refractivity contribution is -0.915. The Labute approximate surface area is 210 Å². The minimum Gasteiger partial charge on any atom is -1.00 e. The van der Waals surface area contributed by atoms with Crippen molar-refractivity contribution in [2.24, 2.45) is 0 Å². The van der Waals surface area contributed by atoms with Gasteiger partial charge in [0.15, 0.2) is 0 Å². The van der Waals surface area contributed by atoms with E-state index in [1.54, 1.807) is 30.5 Å². The van der Waals surface area contributed by atoms with Gasteiger partial charge in [0, 0.05) is 17.3 Å². The van der Waals surface area contributed by atoms with Gasteiger partial charge < -0.3 is 43.3 Å². The summed E-state index contributed by atoms with van der Waals surface area (Å²) < 4.78 is 25.1. The number of carbonyl (C=O) groups is 1. The van der Waals surface area contributed by atoms with Crippen molar-refractivity contribution in [3.63, 3.8) is 0 Å². The molecule has 1 amide bonds. The van der Waals surface area contributed by atoms with Crippen molar-refractivity contribution in [1.82, 2.24) is 10.3 Å². The standard InChI is InChI=1S/C25H26FN3O3.HI/c1-29(14-16-31-17-15-29)13-12-28-25(30)20-10-11-27-24(18-20)19-2-6-22(7-3-19)32-23-8-4-21(26)5-9-23;/h2-11,18H,12-17H2,1H3;1H. The molecule has 1 N–H and O–H groups in total. The molecule has 1 aliphatic heterocycles. The predicted octanol–water partition coefficient (Wildman–Crippen LogP) is 0.891. The first-order valence-corrected chi connectivity index (χ1v) is 10.7. The summed E-state index contributed by atoms with van der Waals surface area (Å²) in [5.74, 6) is 0.780. The van der Waals surface area contributed by atoms with E-state index in [1.807, 2.05) is 24.3 Å². The number of amides is 1. The number of hydrogen-bond acceptors (Lipinski definition) is 4. The van der Waals surface area contributed by atoms with Gasteiger partial charge in [0.25, 0.3) is 5.91 Å². The average Bonchev–Trinajstić information content (AvgIpc) is 2.81. The molecule has 6 nitrogen and oxygen atoms in total. The van der Waals surface area contributed by atoms with Crippen LogP contribution < -0.4 is 34.0 Å². The first kappa shape index (κ1) is 25.1. The lowest BCUT2D eigenvalue weighted by atomic mass is 10.1. The minimum atomic E-state index is -0.306. The first-order chi connectivity index (χ1) is 15.5. The van der Waals surface area contributed by atoms with E-state index < -0.39 is 0 Å². The van der Waals surface area contributed by atoms with Crippen LogP contribution in [-0.4, -0.2) is 61.8 Å². The van der Waals surface area contributed by atoms with Crippen molar-refractivity contribution in [2.75, 3.05) is 46.4 Å². The summed E-state index contributed by atoms with van der Waals surface area (Å²) in [5, 5.41) is 3.02. The largest absolute Gasteiger partial charge is 1.00 e. The smallest absolute Gasteiger partial charge is 0.251 e. The third-order valence-corrected chi connectivity index (χ3v) is 5.71. The molecular weight excluding hydrogens is 536 g/mol. The molecule has 0 atom stereocenters.